The number of benzene rings is 3. The van der Waals surface area contributed by atoms with E-state index in [1.165, 1.54) is 17.0 Å². The lowest BCUT2D eigenvalue weighted by molar-refractivity contribution is -0.139. The molecule has 0 radical (unpaired) electrons. The van der Waals surface area contributed by atoms with Crippen LogP contribution in [0.2, 0.25) is 5.02 Å². The van der Waals surface area contributed by atoms with Crippen molar-refractivity contribution in [3.05, 3.63) is 88.7 Å². The zero-order valence-corrected chi connectivity index (χ0v) is 22.5. The van der Waals surface area contributed by atoms with Crippen molar-refractivity contribution in [2.24, 2.45) is 5.73 Å². The quantitative estimate of drug-likeness (QED) is 0.430. The number of amides is 3. The smallest absolute Gasteiger partial charge is 0.324 e. The molecule has 0 bridgehead atoms. The summed E-state index contributed by atoms with van der Waals surface area (Å²) < 4.78 is 19.2. The van der Waals surface area contributed by atoms with Gasteiger partial charge in [-0.3, -0.25) is 14.6 Å². The van der Waals surface area contributed by atoms with Crippen molar-refractivity contribution in [2.75, 3.05) is 24.6 Å². The number of nitrogens with two attached hydrogens (primary N) is 1. The molecule has 0 aliphatic carbocycles. The molecule has 1 saturated heterocycles. The molecule has 9 heteroatoms. The van der Waals surface area contributed by atoms with Crippen LogP contribution in [0, 0.1) is 12.7 Å². The molecule has 2 N–H and O–H groups in total. The van der Waals surface area contributed by atoms with Crippen LogP contribution in [0.4, 0.5) is 20.6 Å². The molecule has 4 rings (SSSR count). The van der Waals surface area contributed by atoms with Gasteiger partial charge in [0.2, 0.25) is 0 Å². The highest BCUT2D eigenvalue weighted by atomic mass is 35.5. The average Bonchev–Trinajstić information content (AvgIpc) is 2.88. The van der Waals surface area contributed by atoms with Gasteiger partial charge in [0.05, 0.1) is 11.4 Å². The van der Waals surface area contributed by atoms with Gasteiger partial charge < -0.3 is 15.4 Å². The van der Waals surface area contributed by atoms with Gasteiger partial charge in [0.1, 0.15) is 11.6 Å². The van der Waals surface area contributed by atoms with Crippen molar-refractivity contribution in [3.63, 3.8) is 0 Å². The highest BCUT2D eigenvalue weighted by molar-refractivity contribution is 6.31. The Kier molecular flexibility index (Phi) is 8.54. The van der Waals surface area contributed by atoms with Gasteiger partial charge >= 0.3 is 6.03 Å². The number of halogens is 2. The fourth-order valence-electron chi connectivity index (χ4n) is 4.68. The van der Waals surface area contributed by atoms with E-state index < -0.39 is 6.03 Å². The third-order valence-electron chi connectivity index (χ3n) is 6.76. The Morgan fingerprint density at radius 2 is 1.71 bits per heavy atom. The molecule has 0 spiro atoms. The highest BCUT2D eigenvalue weighted by Crippen LogP contribution is 2.36. The van der Waals surface area contributed by atoms with Crippen LogP contribution in [0.5, 0.6) is 5.75 Å². The van der Waals surface area contributed by atoms with Crippen molar-refractivity contribution in [3.8, 4) is 5.75 Å². The largest absolute Gasteiger partial charge is 0.482 e. The Morgan fingerprint density at radius 3 is 2.37 bits per heavy atom. The van der Waals surface area contributed by atoms with Crippen LogP contribution in [0.15, 0.2) is 66.7 Å². The lowest BCUT2D eigenvalue weighted by atomic mass is 10.1. The van der Waals surface area contributed by atoms with Crippen molar-refractivity contribution in [2.45, 2.75) is 39.4 Å². The van der Waals surface area contributed by atoms with Crippen molar-refractivity contribution >= 4 is 34.9 Å². The lowest BCUT2D eigenvalue weighted by Crippen LogP contribution is -2.58. The van der Waals surface area contributed by atoms with Crippen molar-refractivity contribution in [1.82, 2.24) is 9.80 Å². The number of ether oxygens (including phenoxy) is 1. The number of urea groups is 1. The summed E-state index contributed by atoms with van der Waals surface area (Å²) in [5.74, 6) is -0.0994. The highest BCUT2D eigenvalue weighted by Gasteiger charge is 2.32. The number of nitrogens with zero attached hydrogens (tertiary/aromatic N) is 3. The van der Waals surface area contributed by atoms with Crippen LogP contribution in [-0.4, -0.2) is 53.5 Å². The molecular formula is C29H32ClFN4O3. The summed E-state index contributed by atoms with van der Waals surface area (Å²) in [6.45, 7) is 7.71. The molecule has 3 aromatic rings. The van der Waals surface area contributed by atoms with Gasteiger partial charge in [0.25, 0.3) is 5.91 Å². The summed E-state index contributed by atoms with van der Waals surface area (Å²) in [5, 5.41) is 0.400. The predicted octanol–water partition coefficient (Wildman–Crippen LogP) is 5.50. The van der Waals surface area contributed by atoms with Crippen LogP contribution in [0.25, 0.3) is 0 Å². The maximum absolute atomic E-state index is 13.3. The van der Waals surface area contributed by atoms with Crippen LogP contribution >= 0.6 is 11.6 Å². The Hall–Kier alpha value is -3.62. The van der Waals surface area contributed by atoms with E-state index in [0.717, 1.165) is 11.1 Å². The van der Waals surface area contributed by atoms with Gasteiger partial charge in [-0.15, -0.1) is 0 Å². The fraction of sp³-hybridized carbons (Fsp3) is 0.310. The maximum atomic E-state index is 13.3. The molecule has 0 unspecified atom stereocenters. The number of carbonyl (C=O) groups excluding carboxylic acids is 2. The molecule has 38 heavy (non-hydrogen) atoms. The van der Waals surface area contributed by atoms with Gasteiger partial charge in [-0.1, -0.05) is 41.4 Å². The number of aryl methyl sites for hydroxylation is 1. The van der Waals surface area contributed by atoms with Crippen LogP contribution in [-0.2, 0) is 11.3 Å². The van der Waals surface area contributed by atoms with E-state index in [-0.39, 0.29) is 30.4 Å². The molecular weight excluding hydrogens is 507 g/mol. The van der Waals surface area contributed by atoms with Crippen molar-refractivity contribution in [1.29, 1.82) is 0 Å². The minimum absolute atomic E-state index is 0.0397. The van der Waals surface area contributed by atoms with Gasteiger partial charge in [0, 0.05) is 36.7 Å². The van der Waals surface area contributed by atoms with E-state index in [0.29, 0.717) is 41.8 Å². The molecule has 1 heterocycles. The normalized spacial score (nSPS) is 17.8. The SMILES string of the molecule is Cc1ccc(N(C(N)=O)c2cc(Cl)ccc2OCC(=O)N2C[C@@H](C)N(Cc3ccc(F)cc3)C[C@@H]2C)cc1. The minimum Gasteiger partial charge on any atom is -0.482 e. The van der Waals surface area contributed by atoms with E-state index in [9.17, 15) is 14.0 Å². The Balaban J connectivity index is 1.45. The molecule has 1 fully saturated rings. The number of hydrogen-bond donors (Lipinski definition) is 1. The standard InChI is InChI=1S/C29H32ClFN4O3/c1-19-4-11-25(12-5-19)35(29(32)37)26-14-23(30)8-13-27(26)38-18-28(36)34-16-20(2)33(15-21(34)3)17-22-6-9-24(31)10-7-22/h4-14,20-21H,15-18H2,1-3H3,(H2,32,37)/t20-,21+/m1/s1. The fourth-order valence-corrected chi connectivity index (χ4v) is 4.85. The first-order valence-corrected chi connectivity index (χ1v) is 12.9. The van der Waals surface area contributed by atoms with Crippen LogP contribution in [0.3, 0.4) is 0 Å². The number of anilines is 2. The topological polar surface area (TPSA) is 79.1 Å². The third-order valence-corrected chi connectivity index (χ3v) is 7.00. The summed E-state index contributed by atoms with van der Waals surface area (Å²) in [4.78, 5) is 31.1. The minimum atomic E-state index is -0.702. The summed E-state index contributed by atoms with van der Waals surface area (Å²) in [7, 11) is 0. The first-order chi connectivity index (χ1) is 18.1. The number of primary amides is 1. The summed E-state index contributed by atoms with van der Waals surface area (Å²) in [6.07, 6.45) is 0. The summed E-state index contributed by atoms with van der Waals surface area (Å²) in [5.41, 5.74) is 8.70. The van der Waals surface area contributed by atoms with Gasteiger partial charge in [-0.2, -0.15) is 0 Å². The number of piperazine rings is 1. The van der Waals surface area contributed by atoms with E-state index in [2.05, 4.69) is 11.8 Å². The first-order valence-electron chi connectivity index (χ1n) is 12.5. The van der Waals surface area contributed by atoms with Crippen molar-refractivity contribution < 1.29 is 18.7 Å². The molecule has 1 aliphatic rings. The number of carbonyl (C=O) groups is 2. The zero-order chi connectivity index (χ0) is 27.4. The maximum Gasteiger partial charge on any atom is 0.324 e. The molecule has 3 aromatic carbocycles. The van der Waals surface area contributed by atoms with E-state index in [1.807, 2.05) is 30.9 Å². The monoisotopic (exact) mass is 538 g/mol. The zero-order valence-electron chi connectivity index (χ0n) is 21.7. The lowest BCUT2D eigenvalue weighted by Gasteiger charge is -2.44. The average molecular weight is 539 g/mol. The summed E-state index contributed by atoms with van der Waals surface area (Å²) >= 11 is 6.24. The van der Waals surface area contributed by atoms with Gasteiger partial charge in [-0.25, -0.2) is 9.18 Å². The van der Waals surface area contributed by atoms with Crippen LogP contribution in [0.1, 0.15) is 25.0 Å². The third kappa shape index (κ3) is 6.44. The summed E-state index contributed by atoms with van der Waals surface area (Å²) in [6, 6.07) is 18.0. The molecule has 200 valence electrons. The molecule has 7 nitrogen and oxygen atoms in total. The Morgan fingerprint density at radius 1 is 1.03 bits per heavy atom. The van der Waals surface area contributed by atoms with E-state index in [1.54, 1.807) is 42.5 Å². The molecule has 1 aliphatic heterocycles. The molecule has 0 aromatic heterocycles. The Bertz CT molecular complexity index is 1290. The van der Waals surface area contributed by atoms with Gasteiger partial charge in [-0.05, 0) is 68.8 Å². The van der Waals surface area contributed by atoms with Gasteiger partial charge in [0.15, 0.2) is 6.61 Å². The predicted molar refractivity (Wildman–Crippen MR) is 147 cm³/mol. The second kappa shape index (κ2) is 11.8. The molecule has 2 atom stereocenters. The molecule has 0 saturated carbocycles. The van der Waals surface area contributed by atoms with E-state index >= 15 is 0 Å². The number of rotatable bonds is 7. The molecule has 3 amide bonds. The Labute approximate surface area is 227 Å². The first kappa shape index (κ1) is 27.4. The van der Waals surface area contributed by atoms with E-state index in [4.69, 9.17) is 22.1 Å². The second-order valence-corrected chi connectivity index (χ2v) is 10.1. The second-order valence-electron chi connectivity index (χ2n) is 9.71. The number of hydrogen-bond acceptors (Lipinski definition) is 4. The van der Waals surface area contributed by atoms with Crippen LogP contribution < -0.4 is 15.4 Å².